The number of carbonyl (C=O) groups excluding carboxylic acids is 2. The fourth-order valence-corrected chi connectivity index (χ4v) is 2.43. The lowest BCUT2D eigenvalue weighted by atomic mass is 10.1. The summed E-state index contributed by atoms with van der Waals surface area (Å²) in [5.74, 6) is -0.0838. The normalized spacial score (nSPS) is 11.5. The van der Waals surface area contributed by atoms with Gasteiger partial charge in [0, 0.05) is 4.47 Å². The van der Waals surface area contributed by atoms with E-state index in [-0.39, 0.29) is 24.5 Å². The maximum atomic E-state index is 12.0. The second kappa shape index (κ2) is 9.22. The SMILES string of the molecule is CCOC(=O)c1ccc(OCC(=O)NC(C)c2ccc(Br)cc2)cc1. The van der Waals surface area contributed by atoms with Gasteiger partial charge in [-0.25, -0.2) is 4.79 Å². The van der Waals surface area contributed by atoms with E-state index in [9.17, 15) is 9.59 Å². The van der Waals surface area contributed by atoms with Crippen LogP contribution in [-0.4, -0.2) is 25.1 Å². The quantitative estimate of drug-likeness (QED) is 0.709. The number of benzene rings is 2. The molecule has 6 heteroatoms. The van der Waals surface area contributed by atoms with E-state index in [1.807, 2.05) is 31.2 Å². The predicted octanol–water partition coefficient (Wildman–Crippen LogP) is 3.88. The van der Waals surface area contributed by atoms with Crippen molar-refractivity contribution in [2.24, 2.45) is 0 Å². The lowest BCUT2D eigenvalue weighted by Crippen LogP contribution is -2.31. The van der Waals surface area contributed by atoms with Crippen LogP contribution in [0.25, 0.3) is 0 Å². The van der Waals surface area contributed by atoms with Crippen molar-refractivity contribution in [3.63, 3.8) is 0 Å². The van der Waals surface area contributed by atoms with Crippen LogP contribution >= 0.6 is 15.9 Å². The summed E-state index contributed by atoms with van der Waals surface area (Å²) >= 11 is 3.38. The molecule has 0 aliphatic heterocycles. The summed E-state index contributed by atoms with van der Waals surface area (Å²) in [5.41, 5.74) is 1.46. The number of amides is 1. The van der Waals surface area contributed by atoms with Crippen molar-refractivity contribution in [3.05, 3.63) is 64.1 Å². The molecule has 0 spiro atoms. The first kappa shape index (κ1) is 19.0. The molecule has 0 saturated carbocycles. The average Bonchev–Trinajstić information content (AvgIpc) is 2.61. The molecule has 0 aliphatic carbocycles. The zero-order valence-electron chi connectivity index (χ0n) is 14.1. The molecule has 2 aromatic rings. The molecule has 0 aliphatic rings. The molecule has 25 heavy (non-hydrogen) atoms. The van der Waals surface area contributed by atoms with Gasteiger partial charge in [0.1, 0.15) is 5.75 Å². The van der Waals surface area contributed by atoms with Crippen LogP contribution in [0.4, 0.5) is 0 Å². The van der Waals surface area contributed by atoms with Gasteiger partial charge in [-0.2, -0.15) is 0 Å². The highest BCUT2D eigenvalue weighted by molar-refractivity contribution is 9.10. The van der Waals surface area contributed by atoms with E-state index in [0.29, 0.717) is 17.9 Å². The lowest BCUT2D eigenvalue weighted by molar-refractivity contribution is -0.123. The Kier molecular flexibility index (Phi) is 7.01. The van der Waals surface area contributed by atoms with Gasteiger partial charge in [0.25, 0.3) is 5.91 Å². The zero-order valence-corrected chi connectivity index (χ0v) is 15.7. The number of rotatable bonds is 7. The van der Waals surface area contributed by atoms with E-state index in [1.54, 1.807) is 31.2 Å². The van der Waals surface area contributed by atoms with Crippen molar-refractivity contribution >= 4 is 27.8 Å². The summed E-state index contributed by atoms with van der Waals surface area (Å²) in [6.45, 7) is 3.89. The molecule has 1 N–H and O–H groups in total. The van der Waals surface area contributed by atoms with Crippen LogP contribution in [-0.2, 0) is 9.53 Å². The number of ether oxygens (including phenoxy) is 2. The van der Waals surface area contributed by atoms with Crippen LogP contribution in [0.1, 0.15) is 35.8 Å². The fraction of sp³-hybridized carbons (Fsp3) is 0.263. The van der Waals surface area contributed by atoms with Crippen LogP contribution in [0, 0.1) is 0 Å². The van der Waals surface area contributed by atoms with Gasteiger partial charge in [0.15, 0.2) is 6.61 Å². The highest BCUT2D eigenvalue weighted by Crippen LogP contribution is 2.17. The minimum absolute atomic E-state index is 0.0976. The summed E-state index contributed by atoms with van der Waals surface area (Å²) in [6, 6.07) is 14.1. The van der Waals surface area contributed by atoms with E-state index in [2.05, 4.69) is 21.2 Å². The van der Waals surface area contributed by atoms with Crippen molar-refractivity contribution in [2.75, 3.05) is 13.2 Å². The molecule has 0 radical (unpaired) electrons. The molecule has 1 unspecified atom stereocenters. The number of esters is 1. The third-order valence-electron chi connectivity index (χ3n) is 3.48. The van der Waals surface area contributed by atoms with Crippen molar-refractivity contribution < 1.29 is 19.1 Å². The van der Waals surface area contributed by atoms with Gasteiger partial charge < -0.3 is 14.8 Å². The molecule has 2 aromatic carbocycles. The molecule has 0 heterocycles. The Balaban J connectivity index is 1.83. The number of halogens is 1. The van der Waals surface area contributed by atoms with E-state index in [4.69, 9.17) is 9.47 Å². The molecule has 2 rings (SSSR count). The first-order valence-corrected chi connectivity index (χ1v) is 8.73. The standard InChI is InChI=1S/C19H20BrNO4/c1-3-24-19(23)15-6-10-17(11-7-15)25-12-18(22)21-13(2)14-4-8-16(20)9-5-14/h4-11,13H,3,12H2,1-2H3,(H,21,22). The third-order valence-corrected chi connectivity index (χ3v) is 4.01. The van der Waals surface area contributed by atoms with Crippen LogP contribution < -0.4 is 10.1 Å². The molecule has 1 amide bonds. The van der Waals surface area contributed by atoms with Gasteiger partial charge in [0.2, 0.25) is 0 Å². The number of carbonyl (C=O) groups is 2. The van der Waals surface area contributed by atoms with Crippen LogP contribution in [0.2, 0.25) is 0 Å². The lowest BCUT2D eigenvalue weighted by Gasteiger charge is -2.15. The van der Waals surface area contributed by atoms with Crippen LogP contribution in [0.5, 0.6) is 5.75 Å². The van der Waals surface area contributed by atoms with E-state index in [0.717, 1.165) is 10.0 Å². The van der Waals surface area contributed by atoms with Crippen molar-refractivity contribution in [2.45, 2.75) is 19.9 Å². The molecule has 0 saturated heterocycles. The molecule has 0 bridgehead atoms. The predicted molar refractivity (Wildman–Crippen MR) is 98.6 cm³/mol. The second-order valence-corrected chi connectivity index (χ2v) is 6.29. The first-order chi connectivity index (χ1) is 12.0. The summed E-state index contributed by atoms with van der Waals surface area (Å²) in [4.78, 5) is 23.6. The zero-order chi connectivity index (χ0) is 18.2. The Hall–Kier alpha value is -2.34. The molecular formula is C19H20BrNO4. The Morgan fingerprint density at radius 3 is 2.32 bits per heavy atom. The smallest absolute Gasteiger partial charge is 0.338 e. The highest BCUT2D eigenvalue weighted by Gasteiger charge is 2.11. The summed E-state index contributed by atoms with van der Waals surface area (Å²) in [6.07, 6.45) is 0. The minimum Gasteiger partial charge on any atom is -0.484 e. The van der Waals surface area contributed by atoms with Gasteiger partial charge in [-0.1, -0.05) is 28.1 Å². The largest absolute Gasteiger partial charge is 0.484 e. The minimum atomic E-state index is -0.380. The maximum absolute atomic E-state index is 12.0. The van der Waals surface area contributed by atoms with Crippen molar-refractivity contribution in [1.29, 1.82) is 0 Å². The van der Waals surface area contributed by atoms with Crippen molar-refractivity contribution in [3.8, 4) is 5.75 Å². The van der Waals surface area contributed by atoms with E-state index in [1.165, 1.54) is 0 Å². The van der Waals surface area contributed by atoms with E-state index >= 15 is 0 Å². The molecule has 1 atom stereocenters. The Labute approximate surface area is 155 Å². The summed E-state index contributed by atoms with van der Waals surface area (Å²) in [7, 11) is 0. The highest BCUT2D eigenvalue weighted by atomic mass is 79.9. The summed E-state index contributed by atoms with van der Waals surface area (Å²) in [5, 5.41) is 2.88. The van der Waals surface area contributed by atoms with Gasteiger partial charge in [-0.15, -0.1) is 0 Å². The molecule has 5 nitrogen and oxygen atoms in total. The number of nitrogens with one attached hydrogen (secondary N) is 1. The van der Waals surface area contributed by atoms with E-state index < -0.39 is 0 Å². The Morgan fingerprint density at radius 2 is 1.72 bits per heavy atom. The topological polar surface area (TPSA) is 64.6 Å². The molecule has 0 aromatic heterocycles. The molecular weight excluding hydrogens is 386 g/mol. The molecule has 132 valence electrons. The number of hydrogen-bond acceptors (Lipinski definition) is 4. The van der Waals surface area contributed by atoms with Crippen LogP contribution in [0.15, 0.2) is 53.0 Å². The van der Waals surface area contributed by atoms with Gasteiger partial charge in [0.05, 0.1) is 18.2 Å². The first-order valence-electron chi connectivity index (χ1n) is 7.94. The fourth-order valence-electron chi connectivity index (χ4n) is 2.17. The van der Waals surface area contributed by atoms with Gasteiger partial charge in [-0.3, -0.25) is 4.79 Å². The third kappa shape index (κ3) is 5.90. The second-order valence-electron chi connectivity index (χ2n) is 5.37. The number of hydrogen-bond donors (Lipinski definition) is 1. The summed E-state index contributed by atoms with van der Waals surface area (Å²) < 4.78 is 11.3. The maximum Gasteiger partial charge on any atom is 0.338 e. The Morgan fingerprint density at radius 1 is 1.08 bits per heavy atom. The Bertz CT molecular complexity index is 713. The van der Waals surface area contributed by atoms with Crippen molar-refractivity contribution in [1.82, 2.24) is 5.32 Å². The monoisotopic (exact) mass is 405 g/mol. The van der Waals surface area contributed by atoms with Crippen LogP contribution in [0.3, 0.4) is 0 Å². The van der Waals surface area contributed by atoms with Gasteiger partial charge in [-0.05, 0) is 55.8 Å². The molecule has 0 fully saturated rings. The van der Waals surface area contributed by atoms with Gasteiger partial charge >= 0.3 is 5.97 Å². The average molecular weight is 406 g/mol.